The first-order valence-corrected chi connectivity index (χ1v) is 9.19. The number of halogens is 2. The summed E-state index contributed by atoms with van der Waals surface area (Å²) in [7, 11) is 0. The summed E-state index contributed by atoms with van der Waals surface area (Å²) >= 11 is 1.79. The third-order valence-electron chi connectivity index (χ3n) is 3.24. The van der Waals surface area contributed by atoms with Crippen molar-refractivity contribution in [3.05, 3.63) is 45.6 Å². The summed E-state index contributed by atoms with van der Waals surface area (Å²) in [5, 5.41) is 2.55. The average molecular weight is 385 g/mol. The minimum Gasteiger partial charge on any atom is -0.451 e. The second-order valence-electron chi connectivity index (χ2n) is 5.10. The van der Waals surface area contributed by atoms with Gasteiger partial charge in [-0.15, -0.1) is 11.3 Å². The molecule has 2 rings (SSSR count). The standard InChI is InChI=1S/C17H17F2NO3S2/c1-3-13-10(2)8-14(25-13)16(22)23-9-15(21)20-11-4-6-12(7-5-11)24-17(18)19/h4-8,17H,3,9H2,1-2H3,(H,20,21). The number of carbonyl (C=O) groups excluding carboxylic acids is 2. The molecular formula is C17H17F2NO3S2. The van der Waals surface area contributed by atoms with E-state index in [0.717, 1.165) is 16.9 Å². The third-order valence-corrected chi connectivity index (χ3v) is 5.32. The summed E-state index contributed by atoms with van der Waals surface area (Å²) in [6.07, 6.45) is 0.837. The van der Waals surface area contributed by atoms with Crippen LogP contribution in [-0.2, 0) is 16.0 Å². The Morgan fingerprint density at radius 3 is 2.52 bits per heavy atom. The first-order chi connectivity index (χ1) is 11.9. The van der Waals surface area contributed by atoms with Crippen LogP contribution in [0.2, 0.25) is 0 Å². The minimum atomic E-state index is -2.49. The number of anilines is 1. The number of hydrogen-bond acceptors (Lipinski definition) is 5. The van der Waals surface area contributed by atoms with Crippen LogP contribution in [0.25, 0.3) is 0 Å². The van der Waals surface area contributed by atoms with Crippen molar-refractivity contribution in [2.75, 3.05) is 11.9 Å². The maximum atomic E-state index is 12.2. The van der Waals surface area contributed by atoms with E-state index in [0.29, 0.717) is 27.2 Å². The Morgan fingerprint density at radius 2 is 1.96 bits per heavy atom. The van der Waals surface area contributed by atoms with Crippen molar-refractivity contribution < 1.29 is 23.1 Å². The molecule has 4 nitrogen and oxygen atoms in total. The molecular weight excluding hydrogens is 368 g/mol. The van der Waals surface area contributed by atoms with Crippen LogP contribution in [0.5, 0.6) is 0 Å². The number of benzene rings is 1. The van der Waals surface area contributed by atoms with Crippen LogP contribution < -0.4 is 5.32 Å². The van der Waals surface area contributed by atoms with Gasteiger partial charge in [-0.1, -0.05) is 18.7 Å². The highest BCUT2D eigenvalue weighted by molar-refractivity contribution is 7.99. The van der Waals surface area contributed by atoms with Crippen molar-refractivity contribution in [1.82, 2.24) is 0 Å². The number of thioether (sulfide) groups is 1. The lowest BCUT2D eigenvalue weighted by molar-refractivity contribution is -0.119. The third kappa shape index (κ3) is 5.82. The molecule has 0 aliphatic carbocycles. The predicted octanol–water partition coefficient (Wildman–Crippen LogP) is 4.73. The van der Waals surface area contributed by atoms with E-state index in [4.69, 9.17) is 4.74 Å². The molecule has 0 aliphatic rings. The van der Waals surface area contributed by atoms with Crippen LogP contribution in [0, 0.1) is 6.92 Å². The van der Waals surface area contributed by atoms with Crippen molar-refractivity contribution in [2.45, 2.75) is 30.9 Å². The molecule has 2 aromatic rings. The van der Waals surface area contributed by atoms with E-state index >= 15 is 0 Å². The van der Waals surface area contributed by atoms with Crippen molar-refractivity contribution in [2.24, 2.45) is 0 Å². The summed E-state index contributed by atoms with van der Waals surface area (Å²) in [6.45, 7) is 3.52. The van der Waals surface area contributed by atoms with Crippen molar-refractivity contribution in [3.63, 3.8) is 0 Å². The van der Waals surface area contributed by atoms with Gasteiger partial charge in [0.05, 0.1) is 0 Å². The summed E-state index contributed by atoms with van der Waals surface area (Å²) in [6, 6.07) is 7.75. The Labute approximate surface area is 152 Å². The molecule has 0 atom stereocenters. The Balaban J connectivity index is 1.84. The topological polar surface area (TPSA) is 55.4 Å². The molecule has 0 saturated heterocycles. The van der Waals surface area contributed by atoms with Gasteiger partial charge in [-0.25, -0.2) is 4.79 Å². The highest BCUT2D eigenvalue weighted by Crippen LogP contribution is 2.26. The lowest BCUT2D eigenvalue weighted by Crippen LogP contribution is -2.20. The molecule has 25 heavy (non-hydrogen) atoms. The van der Waals surface area contributed by atoms with Gasteiger partial charge in [0.1, 0.15) is 4.88 Å². The first-order valence-electron chi connectivity index (χ1n) is 7.50. The molecule has 0 bridgehead atoms. The number of esters is 1. The molecule has 1 heterocycles. The van der Waals surface area contributed by atoms with E-state index in [2.05, 4.69) is 5.32 Å². The van der Waals surface area contributed by atoms with Crippen LogP contribution in [0.3, 0.4) is 0 Å². The number of ether oxygens (including phenoxy) is 1. The highest BCUT2D eigenvalue weighted by atomic mass is 32.2. The maximum Gasteiger partial charge on any atom is 0.348 e. The molecule has 0 spiro atoms. The number of rotatable bonds is 7. The number of alkyl halides is 2. The van der Waals surface area contributed by atoms with Crippen LogP contribution in [-0.4, -0.2) is 24.2 Å². The number of thiophene rings is 1. The SMILES string of the molecule is CCc1sc(C(=O)OCC(=O)Nc2ccc(SC(F)F)cc2)cc1C. The lowest BCUT2D eigenvalue weighted by Gasteiger charge is -2.07. The fraction of sp³-hybridized carbons (Fsp3) is 0.294. The second-order valence-corrected chi connectivity index (χ2v) is 7.30. The van der Waals surface area contributed by atoms with Crippen molar-refractivity contribution in [3.8, 4) is 0 Å². The fourth-order valence-corrected chi connectivity index (χ4v) is 3.60. The van der Waals surface area contributed by atoms with Gasteiger partial charge in [-0.2, -0.15) is 8.78 Å². The van der Waals surface area contributed by atoms with Gasteiger partial charge in [-0.05, 0) is 49.2 Å². The first kappa shape index (κ1) is 19.4. The van der Waals surface area contributed by atoms with Crippen LogP contribution >= 0.6 is 23.1 Å². The Bertz CT molecular complexity index is 745. The number of nitrogens with one attached hydrogen (secondary N) is 1. The van der Waals surface area contributed by atoms with Gasteiger partial charge in [0.2, 0.25) is 0 Å². The summed E-state index contributed by atoms with van der Waals surface area (Å²) in [4.78, 5) is 25.8. The molecule has 0 saturated carbocycles. The fourth-order valence-electron chi connectivity index (χ4n) is 2.09. The number of amides is 1. The van der Waals surface area contributed by atoms with Crippen LogP contribution in [0.1, 0.15) is 27.0 Å². The van der Waals surface area contributed by atoms with E-state index in [1.54, 1.807) is 6.07 Å². The van der Waals surface area contributed by atoms with Crippen molar-refractivity contribution in [1.29, 1.82) is 0 Å². The van der Waals surface area contributed by atoms with Crippen LogP contribution in [0.4, 0.5) is 14.5 Å². The summed E-state index contributed by atoms with van der Waals surface area (Å²) < 4.78 is 29.5. The Hall–Kier alpha value is -1.93. The molecule has 0 radical (unpaired) electrons. The number of carbonyl (C=O) groups is 2. The largest absolute Gasteiger partial charge is 0.451 e. The maximum absolute atomic E-state index is 12.2. The average Bonchev–Trinajstić information content (AvgIpc) is 2.95. The monoisotopic (exact) mass is 385 g/mol. The Kier molecular flexibility index (Phi) is 6.95. The second kappa shape index (κ2) is 8.96. The summed E-state index contributed by atoms with van der Waals surface area (Å²) in [5.41, 5.74) is 1.48. The van der Waals surface area contributed by atoms with E-state index in [-0.39, 0.29) is 0 Å². The molecule has 0 fully saturated rings. The highest BCUT2D eigenvalue weighted by Gasteiger charge is 2.15. The zero-order valence-electron chi connectivity index (χ0n) is 13.7. The zero-order valence-corrected chi connectivity index (χ0v) is 15.3. The molecule has 0 unspecified atom stereocenters. The molecule has 1 N–H and O–H groups in total. The minimum absolute atomic E-state index is 0.402. The quantitative estimate of drug-likeness (QED) is 0.553. The van der Waals surface area contributed by atoms with Crippen LogP contribution in [0.15, 0.2) is 35.2 Å². The molecule has 0 aliphatic heterocycles. The van der Waals surface area contributed by atoms with E-state index in [1.807, 2.05) is 13.8 Å². The van der Waals surface area contributed by atoms with Gasteiger partial charge < -0.3 is 10.1 Å². The molecule has 1 aromatic carbocycles. The normalized spacial score (nSPS) is 10.8. The zero-order chi connectivity index (χ0) is 18.4. The molecule has 1 aromatic heterocycles. The lowest BCUT2D eigenvalue weighted by atomic mass is 10.2. The summed E-state index contributed by atoms with van der Waals surface area (Å²) in [5.74, 6) is -3.52. The van der Waals surface area contributed by atoms with E-state index in [9.17, 15) is 18.4 Å². The van der Waals surface area contributed by atoms with Gasteiger partial charge >= 0.3 is 5.97 Å². The van der Waals surface area contributed by atoms with Gasteiger partial charge in [0.25, 0.3) is 11.7 Å². The van der Waals surface area contributed by atoms with Crippen molar-refractivity contribution >= 4 is 40.7 Å². The molecule has 1 amide bonds. The number of aryl methyl sites for hydroxylation is 2. The van der Waals surface area contributed by atoms with Gasteiger partial charge in [-0.3, -0.25) is 4.79 Å². The van der Waals surface area contributed by atoms with E-state index in [1.165, 1.54) is 35.6 Å². The predicted molar refractivity (Wildman–Crippen MR) is 95.6 cm³/mol. The van der Waals surface area contributed by atoms with E-state index < -0.39 is 24.2 Å². The molecule has 8 heteroatoms. The smallest absolute Gasteiger partial charge is 0.348 e. The Morgan fingerprint density at radius 1 is 1.28 bits per heavy atom. The van der Waals surface area contributed by atoms with Gasteiger partial charge in [0, 0.05) is 15.5 Å². The van der Waals surface area contributed by atoms with Gasteiger partial charge in [0.15, 0.2) is 6.61 Å². The number of hydrogen-bond donors (Lipinski definition) is 1. The molecule has 134 valence electrons.